The highest BCUT2D eigenvalue weighted by Gasteiger charge is 2.46. The van der Waals surface area contributed by atoms with Gasteiger partial charge in [0.1, 0.15) is 11.6 Å². The molecule has 4 aromatic rings. The van der Waals surface area contributed by atoms with Gasteiger partial charge in [0, 0.05) is 23.5 Å². The smallest absolute Gasteiger partial charge is 0.322 e. The molecule has 11 heteroatoms. The van der Waals surface area contributed by atoms with Crippen LogP contribution in [0.2, 0.25) is 0 Å². The number of nitrogens with one attached hydrogen (secondary N) is 1. The third kappa shape index (κ3) is 4.60. The van der Waals surface area contributed by atoms with E-state index < -0.39 is 46.3 Å². The van der Waals surface area contributed by atoms with E-state index in [-0.39, 0.29) is 16.9 Å². The van der Waals surface area contributed by atoms with Crippen LogP contribution in [0.15, 0.2) is 73.2 Å². The monoisotopic (exact) mass is 538 g/mol. The van der Waals surface area contributed by atoms with Crippen molar-refractivity contribution in [3.63, 3.8) is 0 Å². The minimum atomic E-state index is -4.94. The first-order chi connectivity index (χ1) is 18.4. The summed E-state index contributed by atoms with van der Waals surface area (Å²) in [6.07, 6.45) is -1.63. The molecule has 0 unspecified atom stereocenters. The summed E-state index contributed by atoms with van der Waals surface area (Å²) >= 11 is 0. The summed E-state index contributed by atoms with van der Waals surface area (Å²) in [7, 11) is 0. The average Bonchev–Trinajstić information content (AvgIpc) is 3.09. The molecule has 3 heterocycles. The lowest BCUT2D eigenvalue weighted by Gasteiger charge is -2.21. The largest absolute Gasteiger partial charge is 0.434 e. The van der Waals surface area contributed by atoms with Gasteiger partial charge in [0.05, 0.1) is 34.7 Å². The van der Waals surface area contributed by atoms with Crippen LogP contribution in [-0.4, -0.2) is 21.8 Å². The third-order valence-corrected chi connectivity index (χ3v) is 6.41. The molecule has 0 atom stereocenters. The van der Waals surface area contributed by atoms with Crippen molar-refractivity contribution in [2.24, 2.45) is 0 Å². The first-order valence-corrected chi connectivity index (χ1v) is 11.6. The summed E-state index contributed by atoms with van der Waals surface area (Å²) in [6, 6.07) is 11.6. The second-order valence-electron chi connectivity index (χ2n) is 9.41. The van der Waals surface area contributed by atoms with Crippen LogP contribution in [0.4, 0.5) is 39.0 Å². The normalized spacial score (nSPS) is 14.3. The fourth-order valence-corrected chi connectivity index (χ4v) is 4.64. The molecule has 0 spiro atoms. The first-order valence-electron chi connectivity index (χ1n) is 11.6. The molecule has 0 radical (unpaired) electrons. The Morgan fingerprint density at radius 2 is 1.67 bits per heavy atom. The summed E-state index contributed by atoms with van der Waals surface area (Å²) in [5.41, 5.74) is -1.66. The number of carbonyl (C=O) groups excluding carboxylic acids is 2. The molecule has 2 aromatic carbocycles. The molecular formula is C28H19F5N4O2. The Kier molecular flexibility index (Phi) is 6.16. The summed E-state index contributed by atoms with van der Waals surface area (Å²) < 4.78 is 68.6. The van der Waals surface area contributed by atoms with Crippen LogP contribution in [0.1, 0.15) is 35.5 Å². The lowest BCUT2D eigenvalue weighted by molar-refractivity contribution is -0.141. The maximum Gasteiger partial charge on any atom is 0.434 e. The highest BCUT2D eigenvalue weighted by molar-refractivity contribution is 6.14. The van der Waals surface area contributed by atoms with E-state index >= 15 is 0 Å². The van der Waals surface area contributed by atoms with Crippen LogP contribution in [0.25, 0.3) is 11.1 Å². The van der Waals surface area contributed by atoms with E-state index in [1.807, 2.05) is 0 Å². The van der Waals surface area contributed by atoms with Crippen molar-refractivity contribution in [2.45, 2.75) is 25.4 Å². The Hall–Kier alpha value is -4.67. The van der Waals surface area contributed by atoms with Gasteiger partial charge in [0.15, 0.2) is 5.69 Å². The Labute approximate surface area is 219 Å². The van der Waals surface area contributed by atoms with Crippen molar-refractivity contribution < 1.29 is 31.5 Å². The summed E-state index contributed by atoms with van der Waals surface area (Å²) in [6.45, 7) is 3.29. The number of halogens is 5. The van der Waals surface area contributed by atoms with Crippen molar-refractivity contribution in [3.8, 4) is 11.1 Å². The maximum absolute atomic E-state index is 13.9. The number of fused-ring (bicyclic) bond motifs is 1. The predicted molar refractivity (Wildman–Crippen MR) is 133 cm³/mol. The van der Waals surface area contributed by atoms with Gasteiger partial charge in [-0.25, -0.2) is 8.78 Å². The SMILES string of the molecule is CC1(C)C(=O)N(c2cncc(F)c2)c2cccc(-c3cnc(C(F)(F)F)c(C(=O)Nc4ccc(F)cc4)c3)c21. The number of rotatable bonds is 4. The Balaban J connectivity index is 1.65. The number of carbonyl (C=O) groups is 2. The molecule has 2 amide bonds. The molecular weight excluding hydrogens is 519 g/mol. The van der Waals surface area contributed by atoms with Gasteiger partial charge in [0.25, 0.3) is 5.91 Å². The summed E-state index contributed by atoms with van der Waals surface area (Å²) in [4.78, 5) is 35.2. The molecule has 5 rings (SSSR count). The molecule has 0 aliphatic carbocycles. The Bertz CT molecular complexity index is 1620. The van der Waals surface area contributed by atoms with Crippen molar-refractivity contribution in [2.75, 3.05) is 10.2 Å². The zero-order chi connectivity index (χ0) is 28.1. The first kappa shape index (κ1) is 26.0. The number of amides is 2. The van der Waals surface area contributed by atoms with Gasteiger partial charge < -0.3 is 5.32 Å². The van der Waals surface area contributed by atoms with E-state index in [0.29, 0.717) is 16.8 Å². The van der Waals surface area contributed by atoms with Crippen molar-refractivity contribution in [1.82, 2.24) is 9.97 Å². The fraction of sp³-hybridized carbons (Fsp3) is 0.143. The van der Waals surface area contributed by atoms with Gasteiger partial charge in [-0.05, 0) is 61.4 Å². The van der Waals surface area contributed by atoms with Gasteiger partial charge in [-0.1, -0.05) is 12.1 Å². The number of alkyl halides is 3. The van der Waals surface area contributed by atoms with E-state index in [0.717, 1.165) is 36.7 Å². The van der Waals surface area contributed by atoms with E-state index in [2.05, 4.69) is 15.3 Å². The molecule has 39 heavy (non-hydrogen) atoms. The molecule has 0 bridgehead atoms. The standard InChI is InChI=1S/C28H19F5N4O2/c1-27(2)23-20(4-3-5-22(23)37(26(27)39)19-11-17(30)13-34-14-19)15-10-21(24(35-12-15)28(31,32)33)25(38)36-18-8-6-16(29)7-9-18/h3-14H,1-2H3,(H,36,38). The number of nitrogens with zero attached hydrogens (tertiary/aromatic N) is 3. The quantitative estimate of drug-likeness (QED) is 0.295. The van der Waals surface area contributed by atoms with Crippen molar-refractivity contribution in [1.29, 1.82) is 0 Å². The molecule has 1 aliphatic rings. The Morgan fingerprint density at radius 3 is 2.33 bits per heavy atom. The second kappa shape index (κ2) is 9.26. The topological polar surface area (TPSA) is 75.2 Å². The zero-order valence-corrected chi connectivity index (χ0v) is 20.5. The Morgan fingerprint density at radius 1 is 0.949 bits per heavy atom. The van der Waals surface area contributed by atoms with Crippen LogP contribution >= 0.6 is 0 Å². The van der Waals surface area contributed by atoms with Crippen LogP contribution in [0, 0.1) is 11.6 Å². The molecule has 198 valence electrons. The van der Waals surface area contributed by atoms with E-state index in [9.17, 15) is 31.5 Å². The van der Waals surface area contributed by atoms with Crippen LogP contribution < -0.4 is 10.2 Å². The van der Waals surface area contributed by atoms with Gasteiger partial charge in [-0.15, -0.1) is 0 Å². The molecule has 1 aliphatic heterocycles. The van der Waals surface area contributed by atoms with E-state index in [1.54, 1.807) is 32.0 Å². The van der Waals surface area contributed by atoms with Gasteiger partial charge in [-0.2, -0.15) is 13.2 Å². The second-order valence-corrected chi connectivity index (χ2v) is 9.41. The molecule has 0 fully saturated rings. The zero-order valence-electron chi connectivity index (χ0n) is 20.5. The van der Waals surface area contributed by atoms with Crippen LogP contribution in [0.3, 0.4) is 0 Å². The van der Waals surface area contributed by atoms with E-state index in [1.165, 1.54) is 23.2 Å². The molecule has 1 N–H and O–H groups in total. The number of hydrogen-bond donors (Lipinski definition) is 1. The maximum atomic E-state index is 13.9. The molecule has 0 saturated heterocycles. The fourth-order valence-electron chi connectivity index (χ4n) is 4.64. The number of hydrogen-bond acceptors (Lipinski definition) is 4. The van der Waals surface area contributed by atoms with Gasteiger partial charge in [0.2, 0.25) is 5.91 Å². The van der Waals surface area contributed by atoms with Crippen LogP contribution in [0.5, 0.6) is 0 Å². The van der Waals surface area contributed by atoms with Crippen molar-refractivity contribution >= 4 is 28.9 Å². The lowest BCUT2D eigenvalue weighted by Crippen LogP contribution is -2.33. The third-order valence-electron chi connectivity index (χ3n) is 6.41. The predicted octanol–water partition coefficient (Wildman–Crippen LogP) is 6.65. The number of benzene rings is 2. The van der Waals surface area contributed by atoms with Crippen molar-refractivity contribution in [3.05, 3.63) is 102 Å². The minimum Gasteiger partial charge on any atom is -0.322 e. The molecule has 0 saturated carbocycles. The van der Waals surface area contributed by atoms with Crippen LogP contribution in [-0.2, 0) is 16.4 Å². The molecule has 6 nitrogen and oxygen atoms in total. The highest BCUT2D eigenvalue weighted by atomic mass is 19.4. The number of anilines is 3. The summed E-state index contributed by atoms with van der Waals surface area (Å²) in [5, 5.41) is 2.34. The van der Waals surface area contributed by atoms with E-state index in [4.69, 9.17) is 0 Å². The lowest BCUT2D eigenvalue weighted by atomic mass is 9.81. The molecule has 2 aromatic heterocycles. The number of aromatic nitrogens is 2. The minimum absolute atomic E-state index is 0.0894. The van der Waals surface area contributed by atoms with Gasteiger partial charge >= 0.3 is 6.18 Å². The number of pyridine rings is 2. The van der Waals surface area contributed by atoms with Gasteiger partial charge in [-0.3, -0.25) is 24.5 Å². The highest BCUT2D eigenvalue weighted by Crippen LogP contribution is 2.49. The summed E-state index contributed by atoms with van der Waals surface area (Å²) in [5.74, 6) is -2.72. The average molecular weight is 538 g/mol.